The van der Waals surface area contributed by atoms with E-state index >= 15 is 0 Å². The minimum atomic E-state index is 0.0513. The molecule has 0 radical (unpaired) electrons. The Morgan fingerprint density at radius 3 is 2.36 bits per heavy atom. The first-order valence-corrected chi connectivity index (χ1v) is 4.64. The standard InChI is InChI=1S/C13H16O/c1-5-11-7-9(3)10(4)13(8-14)12(11)6-2/h5-7,14H,1-2,8H2,3-4H3. The van der Waals surface area contributed by atoms with E-state index in [9.17, 15) is 5.11 Å². The normalized spacial score (nSPS) is 9.93. The molecule has 0 fully saturated rings. The highest BCUT2D eigenvalue weighted by Crippen LogP contribution is 2.24. The van der Waals surface area contributed by atoms with Crippen molar-refractivity contribution in [3.8, 4) is 0 Å². The van der Waals surface area contributed by atoms with Crippen LogP contribution in [0.1, 0.15) is 27.8 Å². The van der Waals surface area contributed by atoms with Crippen LogP contribution >= 0.6 is 0 Å². The summed E-state index contributed by atoms with van der Waals surface area (Å²) in [6, 6.07) is 2.07. The van der Waals surface area contributed by atoms with Gasteiger partial charge in [0.1, 0.15) is 0 Å². The van der Waals surface area contributed by atoms with Gasteiger partial charge in [0.25, 0.3) is 0 Å². The molecule has 0 aliphatic rings. The van der Waals surface area contributed by atoms with Crippen molar-refractivity contribution in [3.63, 3.8) is 0 Å². The minimum absolute atomic E-state index is 0.0513. The van der Waals surface area contributed by atoms with Crippen molar-refractivity contribution in [1.29, 1.82) is 0 Å². The van der Waals surface area contributed by atoms with Crippen LogP contribution in [0.25, 0.3) is 12.2 Å². The topological polar surface area (TPSA) is 20.2 Å². The van der Waals surface area contributed by atoms with E-state index in [0.29, 0.717) is 0 Å². The van der Waals surface area contributed by atoms with Gasteiger partial charge in [-0.15, -0.1) is 0 Å². The number of benzene rings is 1. The maximum atomic E-state index is 9.29. The molecule has 1 aromatic carbocycles. The maximum Gasteiger partial charge on any atom is 0.0690 e. The van der Waals surface area contributed by atoms with E-state index in [2.05, 4.69) is 19.2 Å². The van der Waals surface area contributed by atoms with Gasteiger partial charge in [0.2, 0.25) is 0 Å². The minimum Gasteiger partial charge on any atom is -0.392 e. The van der Waals surface area contributed by atoms with Crippen LogP contribution in [-0.2, 0) is 6.61 Å². The van der Waals surface area contributed by atoms with Crippen molar-refractivity contribution >= 4 is 12.2 Å². The molecule has 1 heteroatoms. The molecule has 74 valence electrons. The second-order valence-electron chi connectivity index (χ2n) is 3.37. The molecule has 0 spiro atoms. The summed E-state index contributed by atoms with van der Waals surface area (Å²) in [5.41, 5.74) is 5.29. The summed E-state index contributed by atoms with van der Waals surface area (Å²) in [4.78, 5) is 0. The third-order valence-electron chi connectivity index (χ3n) is 2.63. The lowest BCUT2D eigenvalue weighted by Crippen LogP contribution is -1.98. The predicted molar refractivity (Wildman–Crippen MR) is 62.0 cm³/mol. The van der Waals surface area contributed by atoms with E-state index in [-0.39, 0.29) is 6.61 Å². The summed E-state index contributed by atoms with van der Waals surface area (Å²) in [7, 11) is 0. The van der Waals surface area contributed by atoms with E-state index < -0.39 is 0 Å². The van der Waals surface area contributed by atoms with E-state index in [1.165, 1.54) is 5.56 Å². The Hall–Kier alpha value is -1.34. The molecule has 1 rings (SSSR count). The van der Waals surface area contributed by atoms with E-state index in [1.54, 1.807) is 12.2 Å². The summed E-state index contributed by atoms with van der Waals surface area (Å²) in [5, 5.41) is 9.29. The number of hydrogen-bond donors (Lipinski definition) is 1. The average molecular weight is 188 g/mol. The molecule has 1 nitrogen and oxygen atoms in total. The van der Waals surface area contributed by atoms with Crippen LogP contribution in [0, 0.1) is 13.8 Å². The second kappa shape index (κ2) is 4.25. The summed E-state index contributed by atoms with van der Waals surface area (Å²) < 4.78 is 0. The highest BCUT2D eigenvalue weighted by molar-refractivity contribution is 5.68. The van der Waals surface area contributed by atoms with Crippen molar-refractivity contribution < 1.29 is 5.11 Å². The van der Waals surface area contributed by atoms with Gasteiger partial charge in [-0.3, -0.25) is 0 Å². The van der Waals surface area contributed by atoms with Crippen LogP contribution in [0.5, 0.6) is 0 Å². The Kier molecular flexibility index (Phi) is 3.26. The lowest BCUT2D eigenvalue weighted by atomic mass is 9.93. The fourth-order valence-electron chi connectivity index (χ4n) is 1.65. The van der Waals surface area contributed by atoms with Crippen molar-refractivity contribution in [2.45, 2.75) is 20.5 Å². The first-order valence-electron chi connectivity index (χ1n) is 4.64. The van der Waals surface area contributed by atoms with Crippen molar-refractivity contribution in [3.05, 3.63) is 47.0 Å². The van der Waals surface area contributed by atoms with Crippen LogP contribution in [0.4, 0.5) is 0 Å². The molecular weight excluding hydrogens is 172 g/mol. The molecule has 0 bridgehead atoms. The third kappa shape index (κ3) is 1.64. The molecule has 0 amide bonds. The van der Waals surface area contributed by atoms with Gasteiger partial charge in [0.05, 0.1) is 6.61 Å². The smallest absolute Gasteiger partial charge is 0.0690 e. The largest absolute Gasteiger partial charge is 0.392 e. The zero-order valence-corrected chi connectivity index (χ0v) is 8.80. The van der Waals surface area contributed by atoms with E-state index in [4.69, 9.17) is 0 Å². The molecule has 0 heterocycles. The lowest BCUT2D eigenvalue weighted by molar-refractivity contribution is 0.280. The average Bonchev–Trinajstić information content (AvgIpc) is 2.20. The maximum absolute atomic E-state index is 9.29. The van der Waals surface area contributed by atoms with Crippen LogP contribution < -0.4 is 0 Å². The van der Waals surface area contributed by atoms with E-state index in [0.717, 1.165) is 22.3 Å². The van der Waals surface area contributed by atoms with Gasteiger partial charge in [-0.05, 0) is 41.7 Å². The van der Waals surface area contributed by atoms with Gasteiger partial charge in [-0.25, -0.2) is 0 Å². The van der Waals surface area contributed by atoms with Crippen molar-refractivity contribution in [1.82, 2.24) is 0 Å². The zero-order chi connectivity index (χ0) is 10.7. The lowest BCUT2D eigenvalue weighted by Gasteiger charge is -2.13. The Bertz CT molecular complexity index is 375. The fraction of sp³-hybridized carbons (Fsp3) is 0.231. The quantitative estimate of drug-likeness (QED) is 0.772. The molecule has 0 atom stereocenters. The Balaban J connectivity index is 3.57. The first-order chi connectivity index (χ1) is 6.65. The molecule has 0 aliphatic carbocycles. The second-order valence-corrected chi connectivity index (χ2v) is 3.37. The molecule has 0 aliphatic heterocycles. The summed E-state index contributed by atoms with van der Waals surface area (Å²) >= 11 is 0. The molecule has 1 N–H and O–H groups in total. The van der Waals surface area contributed by atoms with Crippen LogP contribution in [0.15, 0.2) is 19.2 Å². The highest BCUT2D eigenvalue weighted by Gasteiger charge is 2.08. The first kappa shape index (κ1) is 10.7. The molecule has 1 aromatic rings. The summed E-state index contributed by atoms with van der Waals surface area (Å²) in [5.74, 6) is 0. The van der Waals surface area contributed by atoms with Gasteiger partial charge in [-0.2, -0.15) is 0 Å². The summed E-state index contributed by atoms with van der Waals surface area (Å²) in [6.07, 6.45) is 3.57. The van der Waals surface area contributed by atoms with Gasteiger partial charge < -0.3 is 5.11 Å². The molecule has 0 saturated carbocycles. The molecule has 14 heavy (non-hydrogen) atoms. The van der Waals surface area contributed by atoms with Gasteiger partial charge in [0.15, 0.2) is 0 Å². The van der Waals surface area contributed by atoms with Gasteiger partial charge >= 0.3 is 0 Å². The predicted octanol–water partition coefficient (Wildman–Crippen LogP) is 3.08. The Labute approximate surface area is 85.4 Å². The number of aliphatic hydroxyl groups is 1. The van der Waals surface area contributed by atoms with Crippen molar-refractivity contribution in [2.24, 2.45) is 0 Å². The Morgan fingerprint density at radius 1 is 1.29 bits per heavy atom. The van der Waals surface area contributed by atoms with Gasteiger partial charge in [-0.1, -0.05) is 31.4 Å². The number of aryl methyl sites for hydroxylation is 1. The number of hydrogen-bond acceptors (Lipinski definition) is 1. The molecule has 0 aromatic heterocycles. The summed E-state index contributed by atoms with van der Waals surface area (Å²) in [6.45, 7) is 11.6. The molecule has 0 unspecified atom stereocenters. The Morgan fingerprint density at radius 2 is 1.93 bits per heavy atom. The SMILES string of the molecule is C=Cc1cc(C)c(C)c(CO)c1C=C. The van der Waals surface area contributed by atoms with Crippen LogP contribution in [0.2, 0.25) is 0 Å². The molecule has 0 saturated heterocycles. The van der Waals surface area contributed by atoms with E-state index in [1.807, 2.05) is 13.8 Å². The molecular formula is C13H16O. The van der Waals surface area contributed by atoms with Crippen molar-refractivity contribution in [2.75, 3.05) is 0 Å². The third-order valence-corrected chi connectivity index (χ3v) is 2.63. The van der Waals surface area contributed by atoms with Gasteiger partial charge in [0, 0.05) is 0 Å². The highest BCUT2D eigenvalue weighted by atomic mass is 16.3. The number of rotatable bonds is 3. The van der Waals surface area contributed by atoms with Crippen LogP contribution in [0.3, 0.4) is 0 Å². The number of aliphatic hydroxyl groups excluding tert-OH is 1. The fourth-order valence-corrected chi connectivity index (χ4v) is 1.65. The monoisotopic (exact) mass is 188 g/mol. The zero-order valence-electron chi connectivity index (χ0n) is 8.80. The van der Waals surface area contributed by atoms with Crippen LogP contribution in [-0.4, -0.2) is 5.11 Å².